The molecule has 0 saturated carbocycles. The first-order valence-corrected chi connectivity index (χ1v) is 8.52. The molecule has 2 rings (SSSR count). The number of piperazine rings is 1. The van der Waals surface area contributed by atoms with E-state index in [1.165, 1.54) is 9.75 Å². The average molecular weight is 296 g/mol. The molecule has 0 aromatic carbocycles. The third-order valence-corrected chi connectivity index (χ3v) is 4.91. The lowest BCUT2D eigenvalue weighted by molar-refractivity contribution is 0.0481. The largest absolute Gasteiger partial charge is 0.396 e. The number of nitrogens with zero attached hydrogens (tertiary/aromatic N) is 2. The Morgan fingerprint density at radius 1 is 1.35 bits per heavy atom. The smallest absolute Gasteiger partial charge is 0.0446 e. The van der Waals surface area contributed by atoms with Gasteiger partial charge in [-0.1, -0.05) is 13.8 Å². The normalized spacial score (nSPS) is 21.8. The van der Waals surface area contributed by atoms with Crippen molar-refractivity contribution in [3.8, 4) is 0 Å². The van der Waals surface area contributed by atoms with E-state index in [4.69, 9.17) is 0 Å². The van der Waals surface area contributed by atoms with Crippen LogP contribution >= 0.6 is 11.3 Å². The summed E-state index contributed by atoms with van der Waals surface area (Å²) in [5.74, 6) is 0.697. The van der Waals surface area contributed by atoms with Gasteiger partial charge in [-0.05, 0) is 31.4 Å². The fourth-order valence-electron chi connectivity index (χ4n) is 3.02. The molecular weight excluding hydrogens is 268 g/mol. The summed E-state index contributed by atoms with van der Waals surface area (Å²) in [5, 5.41) is 9.31. The Hall–Kier alpha value is -0.420. The van der Waals surface area contributed by atoms with Crippen molar-refractivity contribution in [2.24, 2.45) is 5.92 Å². The molecule has 1 fully saturated rings. The van der Waals surface area contributed by atoms with E-state index in [1.54, 1.807) is 0 Å². The van der Waals surface area contributed by atoms with E-state index in [-0.39, 0.29) is 0 Å². The van der Waals surface area contributed by atoms with Crippen molar-refractivity contribution >= 4 is 11.3 Å². The van der Waals surface area contributed by atoms with Gasteiger partial charge in [0.2, 0.25) is 0 Å². The van der Waals surface area contributed by atoms with Gasteiger partial charge in [0, 0.05) is 55.1 Å². The summed E-state index contributed by atoms with van der Waals surface area (Å²) in [4.78, 5) is 7.97. The lowest BCUT2D eigenvalue weighted by Crippen LogP contribution is -2.53. The number of aliphatic hydroxyl groups excluding tert-OH is 1. The lowest BCUT2D eigenvalue weighted by atomic mass is 10.1. The molecule has 1 aromatic heterocycles. The highest BCUT2D eigenvalue weighted by molar-refractivity contribution is 7.11. The summed E-state index contributed by atoms with van der Waals surface area (Å²) in [5.41, 5.74) is 0. The second-order valence-electron chi connectivity index (χ2n) is 6.30. The highest BCUT2D eigenvalue weighted by Gasteiger charge is 2.26. The molecule has 1 N–H and O–H groups in total. The highest BCUT2D eigenvalue weighted by atomic mass is 32.1. The fraction of sp³-hybridized carbons (Fsp3) is 0.750. The number of hydrogen-bond donors (Lipinski definition) is 1. The van der Waals surface area contributed by atoms with Crippen LogP contribution in [0.25, 0.3) is 0 Å². The molecular formula is C16H28N2OS. The summed E-state index contributed by atoms with van der Waals surface area (Å²) < 4.78 is 0. The molecule has 1 aliphatic rings. The Kier molecular flexibility index (Phi) is 6.02. The van der Waals surface area contributed by atoms with Gasteiger partial charge in [0.25, 0.3) is 0 Å². The molecule has 1 atom stereocenters. The van der Waals surface area contributed by atoms with Crippen LogP contribution in [-0.4, -0.2) is 53.7 Å². The Labute approximate surface area is 127 Å². The van der Waals surface area contributed by atoms with Crippen LogP contribution in [0, 0.1) is 12.8 Å². The van der Waals surface area contributed by atoms with Gasteiger partial charge in [0.05, 0.1) is 0 Å². The minimum Gasteiger partial charge on any atom is -0.396 e. The predicted molar refractivity (Wildman–Crippen MR) is 86.2 cm³/mol. The summed E-state index contributed by atoms with van der Waals surface area (Å²) >= 11 is 1.90. The van der Waals surface area contributed by atoms with Crippen LogP contribution in [0.4, 0.5) is 0 Å². The van der Waals surface area contributed by atoms with Crippen LogP contribution < -0.4 is 0 Å². The van der Waals surface area contributed by atoms with Gasteiger partial charge in [-0.3, -0.25) is 9.80 Å². The third-order valence-electron chi connectivity index (χ3n) is 3.93. The highest BCUT2D eigenvalue weighted by Crippen LogP contribution is 2.21. The van der Waals surface area contributed by atoms with E-state index < -0.39 is 0 Å². The van der Waals surface area contributed by atoms with Crippen LogP contribution in [0.5, 0.6) is 0 Å². The number of aliphatic hydroxyl groups is 1. The van der Waals surface area contributed by atoms with E-state index in [0.29, 0.717) is 18.6 Å². The van der Waals surface area contributed by atoms with Crippen LogP contribution in [0.3, 0.4) is 0 Å². The number of rotatable bonds is 6. The van der Waals surface area contributed by atoms with Crippen LogP contribution in [0.15, 0.2) is 12.1 Å². The zero-order valence-electron chi connectivity index (χ0n) is 13.0. The van der Waals surface area contributed by atoms with Crippen molar-refractivity contribution in [1.29, 1.82) is 0 Å². The van der Waals surface area contributed by atoms with Crippen molar-refractivity contribution in [1.82, 2.24) is 9.80 Å². The standard InChI is InChI=1S/C16H28N2OS/c1-13(2)10-18-8-7-17(11-15(18)6-9-19)12-16-5-4-14(3)20-16/h4-5,13,15,19H,6-12H2,1-3H3/t15-/m1/s1. The maximum Gasteiger partial charge on any atom is 0.0446 e. The molecule has 0 amide bonds. The van der Waals surface area contributed by atoms with Gasteiger partial charge in [0.1, 0.15) is 0 Å². The molecule has 0 spiro atoms. The summed E-state index contributed by atoms with van der Waals surface area (Å²) in [6.07, 6.45) is 0.896. The molecule has 114 valence electrons. The minimum atomic E-state index is 0.297. The Bertz CT molecular complexity index is 405. The molecule has 1 saturated heterocycles. The molecule has 4 heteroatoms. The van der Waals surface area contributed by atoms with Crippen molar-refractivity contribution < 1.29 is 5.11 Å². The van der Waals surface area contributed by atoms with E-state index in [9.17, 15) is 5.11 Å². The first-order valence-electron chi connectivity index (χ1n) is 7.71. The Balaban J connectivity index is 1.91. The Morgan fingerprint density at radius 3 is 2.75 bits per heavy atom. The Morgan fingerprint density at radius 2 is 2.15 bits per heavy atom. The molecule has 1 aliphatic heterocycles. The second kappa shape index (κ2) is 7.55. The van der Waals surface area contributed by atoms with E-state index >= 15 is 0 Å². The molecule has 20 heavy (non-hydrogen) atoms. The lowest BCUT2D eigenvalue weighted by Gasteiger charge is -2.42. The van der Waals surface area contributed by atoms with Crippen molar-refractivity contribution in [3.63, 3.8) is 0 Å². The summed E-state index contributed by atoms with van der Waals surface area (Å²) in [7, 11) is 0. The van der Waals surface area contributed by atoms with Crippen molar-refractivity contribution in [3.05, 3.63) is 21.9 Å². The van der Waals surface area contributed by atoms with Crippen molar-refractivity contribution in [2.75, 3.05) is 32.8 Å². The van der Waals surface area contributed by atoms with E-state index in [1.807, 2.05) is 11.3 Å². The third kappa shape index (κ3) is 4.55. The molecule has 3 nitrogen and oxygen atoms in total. The molecule has 1 aromatic rings. The minimum absolute atomic E-state index is 0.297. The summed E-state index contributed by atoms with van der Waals surface area (Å²) in [6, 6.07) is 4.97. The molecule has 2 heterocycles. The maximum absolute atomic E-state index is 9.31. The first-order chi connectivity index (χ1) is 9.58. The predicted octanol–water partition coefficient (Wildman–Crippen LogP) is 2.58. The molecule has 0 radical (unpaired) electrons. The van der Waals surface area contributed by atoms with E-state index in [2.05, 4.69) is 42.7 Å². The zero-order valence-corrected chi connectivity index (χ0v) is 13.8. The van der Waals surface area contributed by atoms with Gasteiger partial charge in [-0.2, -0.15) is 0 Å². The van der Waals surface area contributed by atoms with Gasteiger partial charge in [0.15, 0.2) is 0 Å². The average Bonchev–Trinajstić information content (AvgIpc) is 2.78. The number of hydrogen-bond acceptors (Lipinski definition) is 4. The molecule has 0 aliphatic carbocycles. The van der Waals surface area contributed by atoms with E-state index in [0.717, 1.165) is 39.1 Å². The SMILES string of the molecule is Cc1ccc(CN2CCN(CC(C)C)[C@H](CCO)C2)s1. The summed E-state index contributed by atoms with van der Waals surface area (Å²) in [6.45, 7) is 12.6. The topological polar surface area (TPSA) is 26.7 Å². The molecule has 0 bridgehead atoms. The van der Waals surface area contributed by atoms with Crippen LogP contribution in [-0.2, 0) is 6.54 Å². The molecule has 0 unspecified atom stereocenters. The fourth-order valence-corrected chi connectivity index (χ4v) is 3.96. The van der Waals surface area contributed by atoms with Gasteiger partial charge in [-0.25, -0.2) is 0 Å². The maximum atomic E-state index is 9.31. The number of thiophene rings is 1. The second-order valence-corrected chi connectivity index (χ2v) is 7.67. The van der Waals surface area contributed by atoms with Crippen molar-refractivity contribution in [2.45, 2.75) is 39.8 Å². The quantitative estimate of drug-likeness (QED) is 0.874. The first kappa shape index (κ1) is 16.0. The van der Waals surface area contributed by atoms with Gasteiger partial charge in [-0.15, -0.1) is 11.3 Å². The van der Waals surface area contributed by atoms with Gasteiger partial charge < -0.3 is 5.11 Å². The zero-order chi connectivity index (χ0) is 14.5. The van der Waals surface area contributed by atoms with Gasteiger partial charge >= 0.3 is 0 Å². The number of aryl methyl sites for hydroxylation is 1. The van der Waals surface area contributed by atoms with Crippen LogP contribution in [0.2, 0.25) is 0 Å². The van der Waals surface area contributed by atoms with Crippen LogP contribution in [0.1, 0.15) is 30.0 Å². The monoisotopic (exact) mass is 296 g/mol.